The highest BCUT2D eigenvalue weighted by Crippen LogP contribution is 2.18. The Balaban J connectivity index is 4.25. The molecule has 0 rings (SSSR count). The maximum atomic E-state index is 12.7. The molecular formula is C42H74N2O7. The van der Waals surface area contributed by atoms with Gasteiger partial charge in [0, 0.05) is 12.8 Å². The number of nitrogens with one attached hydrogen (secondary N) is 2. The van der Waals surface area contributed by atoms with E-state index in [1.165, 1.54) is 57.8 Å². The molecule has 0 fully saturated rings. The van der Waals surface area contributed by atoms with Gasteiger partial charge < -0.3 is 25.6 Å². The van der Waals surface area contributed by atoms with E-state index in [1.807, 2.05) is 0 Å². The Morgan fingerprint density at radius 3 is 1.69 bits per heavy atom. The topological polar surface area (TPSA) is 142 Å². The number of aliphatic hydroxyl groups excluding tert-OH is 1. The third-order valence-electron chi connectivity index (χ3n) is 8.90. The Kier molecular flexibility index (Phi) is 34.7. The molecule has 2 amide bonds. The highest BCUT2D eigenvalue weighted by molar-refractivity contribution is 5.87. The number of allylic oxidation sites excluding steroid dienone is 6. The Morgan fingerprint density at radius 2 is 1.12 bits per heavy atom. The van der Waals surface area contributed by atoms with Gasteiger partial charge in [0.25, 0.3) is 0 Å². The van der Waals surface area contributed by atoms with Crippen LogP contribution in [0.25, 0.3) is 0 Å². The minimum absolute atomic E-state index is 0.0180. The molecule has 0 aromatic heterocycles. The standard InChI is InChI=1S/C42H74N2O7/c1-3-5-7-9-11-13-14-15-16-17-18-19-21-26-30-34-41(48)51-37(31-27-23-20-12-10-8-6-4-2)32-28-24-22-25-29-33-39(46)43-35-40(47)44-38(36-45)42(49)50/h5,7,11,13,15-16,37-38,45H,3-4,6,8-10,12,14,17-36H2,1-2H3,(H,43,46)(H,44,47)(H,49,50)/b7-5-,13-11-,16-15-. The lowest BCUT2D eigenvalue weighted by atomic mass is 10.0. The number of hydrogen-bond donors (Lipinski definition) is 4. The zero-order chi connectivity index (χ0) is 37.6. The molecule has 0 aromatic rings. The molecule has 0 aliphatic carbocycles. The van der Waals surface area contributed by atoms with Gasteiger partial charge in [-0.3, -0.25) is 14.4 Å². The molecule has 0 saturated carbocycles. The van der Waals surface area contributed by atoms with Gasteiger partial charge in [-0.25, -0.2) is 4.79 Å². The quantitative estimate of drug-likeness (QED) is 0.0287. The largest absolute Gasteiger partial charge is 0.480 e. The molecule has 2 atom stereocenters. The zero-order valence-electron chi connectivity index (χ0n) is 32.4. The molecule has 0 aliphatic rings. The predicted octanol–water partition coefficient (Wildman–Crippen LogP) is 9.43. The number of carboxylic acid groups (broad SMARTS) is 1. The van der Waals surface area contributed by atoms with Crippen molar-refractivity contribution in [2.24, 2.45) is 0 Å². The first-order valence-electron chi connectivity index (χ1n) is 20.4. The molecule has 0 heterocycles. The minimum Gasteiger partial charge on any atom is -0.480 e. The van der Waals surface area contributed by atoms with E-state index in [4.69, 9.17) is 14.9 Å². The number of unbranched alkanes of at least 4 members (excludes halogenated alkanes) is 16. The molecule has 0 bridgehead atoms. The van der Waals surface area contributed by atoms with Crippen LogP contribution in [0.4, 0.5) is 0 Å². The first-order valence-corrected chi connectivity index (χ1v) is 20.4. The van der Waals surface area contributed by atoms with E-state index < -0.39 is 24.5 Å². The van der Waals surface area contributed by atoms with Gasteiger partial charge in [0.1, 0.15) is 12.1 Å². The normalized spacial score (nSPS) is 12.8. The molecule has 0 radical (unpaired) electrons. The summed E-state index contributed by atoms with van der Waals surface area (Å²) in [4.78, 5) is 47.4. The van der Waals surface area contributed by atoms with Gasteiger partial charge in [-0.1, -0.05) is 134 Å². The second-order valence-corrected chi connectivity index (χ2v) is 13.7. The second kappa shape index (κ2) is 36.8. The van der Waals surface area contributed by atoms with E-state index in [-0.39, 0.29) is 24.5 Å². The number of esters is 1. The van der Waals surface area contributed by atoms with Crippen molar-refractivity contribution in [2.45, 2.75) is 193 Å². The van der Waals surface area contributed by atoms with Gasteiger partial charge in [-0.2, -0.15) is 0 Å². The summed E-state index contributed by atoms with van der Waals surface area (Å²) in [5.41, 5.74) is 0. The number of aliphatic carboxylic acids is 1. The fraction of sp³-hybridized carbons (Fsp3) is 0.762. The van der Waals surface area contributed by atoms with Gasteiger partial charge in [-0.05, 0) is 70.6 Å². The van der Waals surface area contributed by atoms with Gasteiger partial charge in [0.15, 0.2) is 0 Å². The molecule has 9 heteroatoms. The summed E-state index contributed by atoms with van der Waals surface area (Å²) in [6.07, 6.45) is 40.3. The zero-order valence-corrected chi connectivity index (χ0v) is 32.4. The lowest BCUT2D eigenvalue weighted by Crippen LogP contribution is -2.47. The van der Waals surface area contributed by atoms with Crippen molar-refractivity contribution >= 4 is 23.8 Å². The van der Waals surface area contributed by atoms with Crippen molar-refractivity contribution in [3.63, 3.8) is 0 Å². The van der Waals surface area contributed by atoms with Crippen LogP contribution < -0.4 is 10.6 Å². The lowest BCUT2D eigenvalue weighted by molar-refractivity contribution is -0.150. The Morgan fingerprint density at radius 1 is 0.608 bits per heavy atom. The number of amides is 2. The number of carbonyl (C=O) groups is 4. The van der Waals surface area contributed by atoms with Crippen molar-refractivity contribution in [1.29, 1.82) is 0 Å². The van der Waals surface area contributed by atoms with Crippen LogP contribution in [0.3, 0.4) is 0 Å². The van der Waals surface area contributed by atoms with Crippen LogP contribution in [0.15, 0.2) is 36.5 Å². The fourth-order valence-corrected chi connectivity index (χ4v) is 5.79. The third-order valence-corrected chi connectivity index (χ3v) is 8.90. The van der Waals surface area contributed by atoms with Crippen molar-refractivity contribution in [3.05, 3.63) is 36.5 Å². The van der Waals surface area contributed by atoms with Crippen LogP contribution in [-0.4, -0.2) is 59.3 Å². The van der Waals surface area contributed by atoms with Crippen molar-refractivity contribution in [1.82, 2.24) is 10.6 Å². The maximum absolute atomic E-state index is 12.7. The maximum Gasteiger partial charge on any atom is 0.328 e. The predicted molar refractivity (Wildman–Crippen MR) is 208 cm³/mol. The number of ether oxygens (including phenoxy) is 1. The van der Waals surface area contributed by atoms with E-state index in [0.717, 1.165) is 89.9 Å². The lowest BCUT2D eigenvalue weighted by Gasteiger charge is -2.18. The third kappa shape index (κ3) is 33.9. The summed E-state index contributed by atoms with van der Waals surface area (Å²) in [5, 5.41) is 22.5. The molecular weight excluding hydrogens is 644 g/mol. The smallest absolute Gasteiger partial charge is 0.328 e. The average Bonchev–Trinajstić information content (AvgIpc) is 3.11. The average molecular weight is 719 g/mol. The molecule has 4 N–H and O–H groups in total. The van der Waals surface area contributed by atoms with Crippen LogP contribution in [0.5, 0.6) is 0 Å². The highest BCUT2D eigenvalue weighted by Gasteiger charge is 2.19. The number of aliphatic hydroxyl groups is 1. The second-order valence-electron chi connectivity index (χ2n) is 13.7. The van der Waals surface area contributed by atoms with Crippen LogP contribution in [0, 0.1) is 0 Å². The van der Waals surface area contributed by atoms with Crippen LogP contribution >= 0.6 is 0 Å². The number of carbonyl (C=O) groups excluding carboxylic acids is 3. The summed E-state index contributed by atoms with van der Waals surface area (Å²) >= 11 is 0. The molecule has 0 aliphatic heterocycles. The summed E-state index contributed by atoms with van der Waals surface area (Å²) in [6.45, 7) is 3.35. The monoisotopic (exact) mass is 719 g/mol. The van der Waals surface area contributed by atoms with Crippen LogP contribution in [-0.2, 0) is 23.9 Å². The van der Waals surface area contributed by atoms with Crippen molar-refractivity contribution in [2.75, 3.05) is 13.2 Å². The van der Waals surface area contributed by atoms with Gasteiger partial charge in [-0.15, -0.1) is 0 Å². The molecule has 51 heavy (non-hydrogen) atoms. The highest BCUT2D eigenvalue weighted by atomic mass is 16.5. The first-order chi connectivity index (χ1) is 24.8. The van der Waals surface area contributed by atoms with E-state index in [0.29, 0.717) is 19.3 Å². The van der Waals surface area contributed by atoms with Gasteiger partial charge >= 0.3 is 11.9 Å². The number of rotatable bonds is 36. The summed E-state index contributed by atoms with van der Waals surface area (Å²) in [5.74, 6) is -2.31. The summed E-state index contributed by atoms with van der Waals surface area (Å²) in [6, 6.07) is -1.38. The van der Waals surface area contributed by atoms with Crippen LogP contribution in [0.1, 0.15) is 181 Å². The number of carboxylic acids is 1. The summed E-state index contributed by atoms with van der Waals surface area (Å²) < 4.78 is 5.99. The SMILES string of the molecule is CC/C=C\C/C=C\C/C=C\CCCCCCCC(=O)OC(CCCCCCCCCC)CCCCCCCC(=O)NCC(=O)NC(CO)C(=O)O. The molecule has 0 spiro atoms. The minimum atomic E-state index is -1.38. The van der Waals surface area contributed by atoms with Crippen molar-refractivity contribution < 1.29 is 34.1 Å². The van der Waals surface area contributed by atoms with Gasteiger partial charge in [0.05, 0.1) is 13.2 Å². The first kappa shape index (κ1) is 48.1. The van der Waals surface area contributed by atoms with Crippen LogP contribution in [0.2, 0.25) is 0 Å². The number of hydrogen-bond acceptors (Lipinski definition) is 6. The molecule has 2 unspecified atom stereocenters. The molecule has 9 nitrogen and oxygen atoms in total. The summed E-state index contributed by atoms with van der Waals surface area (Å²) in [7, 11) is 0. The Labute approximate surface area is 310 Å². The Hall–Kier alpha value is -2.94. The molecule has 294 valence electrons. The van der Waals surface area contributed by atoms with E-state index in [2.05, 4.69) is 60.9 Å². The fourth-order valence-electron chi connectivity index (χ4n) is 5.79. The molecule has 0 saturated heterocycles. The Bertz CT molecular complexity index is 963. The molecule has 0 aromatic carbocycles. The van der Waals surface area contributed by atoms with E-state index >= 15 is 0 Å². The van der Waals surface area contributed by atoms with E-state index in [9.17, 15) is 19.2 Å². The van der Waals surface area contributed by atoms with Crippen molar-refractivity contribution in [3.8, 4) is 0 Å². The van der Waals surface area contributed by atoms with Gasteiger partial charge in [0.2, 0.25) is 11.8 Å². The van der Waals surface area contributed by atoms with E-state index in [1.54, 1.807) is 0 Å².